The maximum absolute atomic E-state index is 10.6. The fraction of sp³-hybridized carbons (Fsp3) is 0.545. The van der Waals surface area contributed by atoms with Crippen LogP contribution in [-0.2, 0) is 4.79 Å². The van der Waals surface area contributed by atoms with Crippen LogP contribution in [0.15, 0.2) is 23.4 Å². The summed E-state index contributed by atoms with van der Waals surface area (Å²) < 4.78 is 0. The predicted octanol–water partition coefficient (Wildman–Crippen LogP) is 0.754. The van der Waals surface area contributed by atoms with E-state index in [1.165, 1.54) is 11.3 Å². The molecular formula is C11H16N2O2. The molecule has 2 aliphatic rings. The van der Waals surface area contributed by atoms with E-state index in [9.17, 15) is 4.79 Å². The Labute approximate surface area is 88.8 Å². The Hall–Kier alpha value is -1.29. The van der Waals surface area contributed by atoms with E-state index in [4.69, 9.17) is 10.8 Å². The fourth-order valence-corrected chi connectivity index (χ4v) is 2.19. The van der Waals surface area contributed by atoms with Gasteiger partial charge in [0.25, 0.3) is 0 Å². The van der Waals surface area contributed by atoms with Crippen LogP contribution in [0.2, 0.25) is 0 Å². The summed E-state index contributed by atoms with van der Waals surface area (Å²) in [6.07, 6.45) is 7.86. The maximum atomic E-state index is 10.6. The summed E-state index contributed by atoms with van der Waals surface area (Å²) in [5.41, 5.74) is 8.11. The lowest BCUT2D eigenvalue weighted by Crippen LogP contribution is -2.37. The number of carboxylic acids is 1. The molecule has 0 radical (unpaired) electrons. The van der Waals surface area contributed by atoms with Crippen molar-refractivity contribution in [3.05, 3.63) is 23.4 Å². The first-order valence-corrected chi connectivity index (χ1v) is 5.30. The van der Waals surface area contributed by atoms with E-state index >= 15 is 0 Å². The molecule has 15 heavy (non-hydrogen) atoms. The zero-order valence-electron chi connectivity index (χ0n) is 8.57. The van der Waals surface area contributed by atoms with Gasteiger partial charge in [0.15, 0.2) is 0 Å². The average Bonchev–Trinajstić information content (AvgIpc) is 2.59. The number of carboxylic acid groups (broad SMARTS) is 1. The van der Waals surface area contributed by atoms with E-state index in [-0.39, 0.29) is 6.04 Å². The second kappa shape index (κ2) is 4.06. The summed E-state index contributed by atoms with van der Waals surface area (Å²) in [7, 11) is 0. The van der Waals surface area contributed by atoms with Crippen molar-refractivity contribution in [2.24, 2.45) is 5.73 Å². The van der Waals surface area contributed by atoms with Gasteiger partial charge in [-0.3, -0.25) is 4.79 Å². The Morgan fingerprint density at radius 3 is 3.20 bits per heavy atom. The van der Waals surface area contributed by atoms with E-state index in [1.54, 1.807) is 0 Å². The summed E-state index contributed by atoms with van der Waals surface area (Å²) in [4.78, 5) is 10.6. The molecular weight excluding hydrogens is 192 g/mol. The third-order valence-corrected chi connectivity index (χ3v) is 2.99. The van der Waals surface area contributed by atoms with Gasteiger partial charge < -0.3 is 16.2 Å². The highest BCUT2D eigenvalue weighted by molar-refractivity contribution is 5.73. The van der Waals surface area contributed by atoms with Gasteiger partial charge in [-0.05, 0) is 37.3 Å². The first kappa shape index (κ1) is 10.2. The number of hydrogen-bond donors (Lipinski definition) is 3. The largest absolute Gasteiger partial charge is 0.480 e. The van der Waals surface area contributed by atoms with Crippen molar-refractivity contribution >= 4 is 5.97 Å². The van der Waals surface area contributed by atoms with Gasteiger partial charge in [0.2, 0.25) is 0 Å². The monoisotopic (exact) mass is 208 g/mol. The molecule has 0 aromatic rings. The number of nitrogens with two attached hydrogens (primary N) is 1. The van der Waals surface area contributed by atoms with Crippen LogP contribution in [0, 0.1) is 0 Å². The highest BCUT2D eigenvalue weighted by atomic mass is 16.4. The number of allylic oxidation sites excluding steroid dienone is 2. The molecule has 0 saturated heterocycles. The Balaban J connectivity index is 1.90. The standard InChI is InChI=1S/C11H16N2O2/c12-9(11(14)15)6-8-5-7-3-1-2-4-10(7)13-8/h2,4,8-9,13H,1,3,5-6,12H2,(H,14,15)/t8?,9-/m1/s1. The molecule has 0 fully saturated rings. The number of nitrogens with one attached hydrogen (secondary N) is 1. The van der Waals surface area contributed by atoms with E-state index in [1.807, 2.05) is 0 Å². The van der Waals surface area contributed by atoms with Crippen molar-refractivity contribution in [3.63, 3.8) is 0 Å². The molecule has 4 heteroatoms. The number of hydrogen-bond acceptors (Lipinski definition) is 3. The van der Waals surface area contributed by atoms with Crippen molar-refractivity contribution < 1.29 is 9.90 Å². The molecule has 0 spiro atoms. The van der Waals surface area contributed by atoms with Gasteiger partial charge in [-0.15, -0.1) is 0 Å². The van der Waals surface area contributed by atoms with Gasteiger partial charge in [-0.1, -0.05) is 6.08 Å². The first-order chi connectivity index (χ1) is 7.16. The summed E-state index contributed by atoms with van der Waals surface area (Å²) in [5, 5.41) is 12.0. The summed E-state index contributed by atoms with van der Waals surface area (Å²) in [5.74, 6) is -0.919. The molecule has 1 unspecified atom stereocenters. The zero-order chi connectivity index (χ0) is 10.8. The predicted molar refractivity (Wildman–Crippen MR) is 57.2 cm³/mol. The average molecular weight is 208 g/mol. The fourth-order valence-electron chi connectivity index (χ4n) is 2.19. The van der Waals surface area contributed by atoms with E-state index in [0.717, 1.165) is 19.3 Å². The number of aliphatic carboxylic acids is 1. The van der Waals surface area contributed by atoms with Crippen molar-refractivity contribution in [1.82, 2.24) is 5.32 Å². The third-order valence-electron chi connectivity index (χ3n) is 2.99. The van der Waals surface area contributed by atoms with Crippen LogP contribution in [0.3, 0.4) is 0 Å². The van der Waals surface area contributed by atoms with Crippen LogP contribution in [0.4, 0.5) is 0 Å². The van der Waals surface area contributed by atoms with Crippen LogP contribution in [0.25, 0.3) is 0 Å². The molecule has 4 N–H and O–H groups in total. The van der Waals surface area contributed by atoms with Crippen LogP contribution in [0.5, 0.6) is 0 Å². The van der Waals surface area contributed by atoms with Gasteiger partial charge in [-0.2, -0.15) is 0 Å². The van der Waals surface area contributed by atoms with E-state index < -0.39 is 12.0 Å². The molecule has 0 saturated carbocycles. The van der Waals surface area contributed by atoms with Gasteiger partial charge in [-0.25, -0.2) is 0 Å². The molecule has 1 heterocycles. The molecule has 0 aromatic carbocycles. The molecule has 1 aliphatic carbocycles. The highest BCUT2D eigenvalue weighted by Crippen LogP contribution is 2.28. The van der Waals surface area contributed by atoms with Crippen LogP contribution in [-0.4, -0.2) is 23.2 Å². The second-order valence-electron chi connectivity index (χ2n) is 4.18. The van der Waals surface area contributed by atoms with Crippen molar-refractivity contribution in [1.29, 1.82) is 0 Å². The SMILES string of the molecule is N[C@H](CC1CC2=C(C=CCC2)N1)C(=O)O. The lowest BCUT2D eigenvalue weighted by atomic mass is 9.98. The molecule has 2 atom stereocenters. The van der Waals surface area contributed by atoms with Crippen LogP contribution in [0.1, 0.15) is 25.7 Å². The van der Waals surface area contributed by atoms with E-state index in [2.05, 4.69) is 17.5 Å². The van der Waals surface area contributed by atoms with Gasteiger partial charge in [0, 0.05) is 11.7 Å². The second-order valence-corrected chi connectivity index (χ2v) is 4.18. The molecule has 2 rings (SSSR count). The van der Waals surface area contributed by atoms with Gasteiger partial charge in [0.1, 0.15) is 6.04 Å². The number of rotatable bonds is 3. The Kier molecular flexibility index (Phi) is 2.77. The molecule has 0 aromatic heterocycles. The Bertz CT molecular complexity index is 333. The topological polar surface area (TPSA) is 75.3 Å². The maximum Gasteiger partial charge on any atom is 0.320 e. The lowest BCUT2D eigenvalue weighted by Gasteiger charge is -2.14. The first-order valence-electron chi connectivity index (χ1n) is 5.30. The number of carbonyl (C=O) groups is 1. The molecule has 1 aliphatic heterocycles. The third kappa shape index (κ3) is 2.21. The minimum atomic E-state index is -0.919. The van der Waals surface area contributed by atoms with Gasteiger partial charge >= 0.3 is 5.97 Å². The Morgan fingerprint density at radius 2 is 2.53 bits per heavy atom. The van der Waals surface area contributed by atoms with Crippen LogP contribution >= 0.6 is 0 Å². The Morgan fingerprint density at radius 1 is 1.73 bits per heavy atom. The van der Waals surface area contributed by atoms with Crippen molar-refractivity contribution in [3.8, 4) is 0 Å². The molecule has 82 valence electrons. The van der Waals surface area contributed by atoms with Crippen molar-refractivity contribution in [2.75, 3.05) is 0 Å². The quantitative estimate of drug-likeness (QED) is 0.640. The summed E-state index contributed by atoms with van der Waals surface area (Å²) >= 11 is 0. The summed E-state index contributed by atoms with van der Waals surface area (Å²) in [6, 6.07) is -0.559. The molecule has 0 amide bonds. The minimum absolute atomic E-state index is 0.198. The van der Waals surface area contributed by atoms with Gasteiger partial charge in [0.05, 0.1) is 0 Å². The van der Waals surface area contributed by atoms with E-state index in [0.29, 0.717) is 6.42 Å². The van der Waals surface area contributed by atoms with Crippen LogP contribution < -0.4 is 11.1 Å². The molecule has 4 nitrogen and oxygen atoms in total. The highest BCUT2D eigenvalue weighted by Gasteiger charge is 2.26. The molecule has 0 bridgehead atoms. The minimum Gasteiger partial charge on any atom is -0.480 e. The summed E-state index contributed by atoms with van der Waals surface area (Å²) in [6.45, 7) is 0. The zero-order valence-corrected chi connectivity index (χ0v) is 8.57. The normalized spacial score (nSPS) is 26.1. The smallest absolute Gasteiger partial charge is 0.320 e. The van der Waals surface area contributed by atoms with Crippen molar-refractivity contribution in [2.45, 2.75) is 37.8 Å². The lowest BCUT2D eigenvalue weighted by molar-refractivity contribution is -0.138.